The van der Waals surface area contributed by atoms with Crippen LogP contribution >= 0.6 is 0 Å². The summed E-state index contributed by atoms with van der Waals surface area (Å²) in [4.78, 5) is 0. The molecule has 0 amide bonds. The van der Waals surface area contributed by atoms with Gasteiger partial charge in [0.1, 0.15) is 0 Å². The fourth-order valence-electron chi connectivity index (χ4n) is 1.42. The molecule has 0 unspecified atom stereocenters. The summed E-state index contributed by atoms with van der Waals surface area (Å²) in [6.45, 7) is 2.20. The van der Waals surface area contributed by atoms with E-state index in [-0.39, 0.29) is 6.10 Å². The second kappa shape index (κ2) is 2.49. The Morgan fingerprint density at radius 3 is 2.50 bits per heavy atom. The summed E-state index contributed by atoms with van der Waals surface area (Å²) in [7, 11) is 0. The Morgan fingerprint density at radius 1 is 1.50 bits per heavy atom. The first-order valence-electron chi connectivity index (χ1n) is 3.51. The van der Waals surface area contributed by atoms with E-state index in [1.807, 2.05) is 0 Å². The number of rotatable bonds is 1. The molecule has 1 heteroatoms. The topological polar surface area (TPSA) is 20.2 Å². The second-order valence-corrected chi connectivity index (χ2v) is 2.74. The lowest BCUT2D eigenvalue weighted by atomic mass is 10.1. The standard InChI is InChI=1S/C7H14O/c1-2-6-3-4-7(8)5-6/h6-8H,2-5H2,1H3/t6-,7-/m0/s1. The Bertz CT molecular complexity index is 70.8. The third kappa shape index (κ3) is 1.22. The minimum atomic E-state index is 0.0277. The van der Waals surface area contributed by atoms with Crippen molar-refractivity contribution in [2.75, 3.05) is 0 Å². The maximum absolute atomic E-state index is 9.03. The zero-order chi connectivity index (χ0) is 5.98. The van der Waals surface area contributed by atoms with Gasteiger partial charge in [0.2, 0.25) is 0 Å². The first kappa shape index (κ1) is 6.09. The molecule has 2 atom stereocenters. The molecule has 8 heavy (non-hydrogen) atoms. The van der Waals surface area contributed by atoms with Crippen LogP contribution in [-0.4, -0.2) is 11.2 Å². The molecule has 1 saturated carbocycles. The number of aliphatic hydroxyl groups is 1. The molecule has 0 bridgehead atoms. The zero-order valence-electron chi connectivity index (χ0n) is 5.43. The summed E-state index contributed by atoms with van der Waals surface area (Å²) in [5, 5.41) is 9.03. The molecule has 0 aromatic carbocycles. The van der Waals surface area contributed by atoms with E-state index in [1.165, 1.54) is 12.8 Å². The van der Waals surface area contributed by atoms with Crippen LogP contribution in [0.1, 0.15) is 32.6 Å². The van der Waals surface area contributed by atoms with E-state index in [0.717, 1.165) is 18.8 Å². The van der Waals surface area contributed by atoms with Crippen LogP contribution in [0, 0.1) is 5.92 Å². The van der Waals surface area contributed by atoms with Crippen LogP contribution in [0.5, 0.6) is 0 Å². The number of aliphatic hydroxyl groups excluding tert-OH is 1. The average Bonchev–Trinajstić information content (AvgIpc) is 2.14. The van der Waals surface area contributed by atoms with Gasteiger partial charge in [-0.2, -0.15) is 0 Å². The van der Waals surface area contributed by atoms with Gasteiger partial charge in [-0.15, -0.1) is 0 Å². The third-order valence-electron chi connectivity index (χ3n) is 2.09. The predicted octanol–water partition coefficient (Wildman–Crippen LogP) is 1.56. The third-order valence-corrected chi connectivity index (χ3v) is 2.09. The van der Waals surface area contributed by atoms with E-state index in [9.17, 15) is 0 Å². The van der Waals surface area contributed by atoms with Crippen molar-refractivity contribution in [3.05, 3.63) is 0 Å². The highest BCUT2D eigenvalue weighted by Gasteiger charge is 2.20. The molecule has 0 spiro atoms. The quantitative estimate of drug-likeness (QED) is 0.548. The molecule has 0 heterocycles. The van der Waals surface area contributed by atoms with Crippen LogP contribution in [0.2, 0.25) is 0 Å². The van der Waals surface area contributed by atoms with Crippen molar-refractivity contribution >= 4 is 0 Å². The van der Waals surface area contributed by atoms with E-state index in [2.05, 4.69) is 6.92 Å². The van der Waals surface area contributed by atoms with Gasteiger partial charge < -0.3 is 5.11 Å². The van der Waals surface area contributed by atoms with E-state index in [4.69, 9.17) is 5.11 Å². The lowest BCUT2D eigenvalue weighted by Crippen LogP contribution is -1.98. The molecular weight excluding hydrogens is 100 g/mol. The SMILES string of the molecule is CC[C@H]1CC[C@H](O)C1. The predicted molar refractivity (Wildman–Crippen MR) is 33.6 cm³/mol. The zero-order valence-corrected chi connectivity index (χ0v) is 5.43. The molecule has 0 aliphatic heterocycles. The molecular formula is C7H14O. The van der Waals surface area contributed by atoms with Gasteiger partial charge in [0.25, 0.3) is 0 Å². The Morgan fingerprint density at radius 2 is 2.25 bits per heavy atom. The molecule has 0 saturated heterocycles. The van der Waals surface area contributed by atoms with E-state index in [1.54, 1.807) is 0 Å². The van der Waals surface area contributed by atoms with Gasteiger partial charge in [-0.3, -0.25) is 0 Å². The smallest absolute Gasteiger partial charge is 0.0543 e. The fourth-order valence-corrected chi connectivity index (χ4v) is 1.42. The van der Waals surface area contributed by atoms with Gasteiger partial charge in [0.05, 0.1) is 6.10 Å². The van der Waals surface area contributed by atoms with Gasteiger partial charge in [-0.1, -0.05) is 13.3 Å². The molecule has 1 aliphatic carbocycles. The van der Waals surface area contributed by atoms with Crippen molar-refractivity contribution in [2.45, 2.75) is 38.7 Å². The van der Waals surface area contributed by atoms with Crippen molar-refractivity contribution in [3.63, 3.8) is 0 Å². The van der Waals surface area contributed by atoms with Gasteiger partial charge in [0.15, 0.2) is 0 Å². The van der Waals surface area contributed by atoms with Crippen molar-refractivity contribution in [1.29, 1.82) is 0 Å². The molecule has 1 aliphatic rings. The Balaban J connectivity index is 2.22. The maximum Gasteiger partial charge on any atom is 0.0543 e. The normalized spacial score (nSPS) is 38.2. The molecule has 0 aromatic heterocycles. The Labute approximate surface area is 50.7 Å². The number of hydrogen-bond donors (Lipinski definition) is 1. The highest BCUT2D eigenvalue weighted by molar-refractivity contribution is 4.72. The minimum absolute atomic E-state index is 0.0277. The van der Waals surface area contributed by atoms with Crippen molar-refractivity contribution in [3.8, 4) is 0 Å². The summed E-state index contributed by atoms with van der Waals surface area (Å²) in [6.07, 6.45) is 4.61. The highest BCUT2D eigenvalue weighted by Crippen LogP contribution is 2.27. The summed E-state index contributed by atoms with van der Waals surface area (Å²) in [5.41, 5.74) is 0. The first-order valence-corrected chi connectivity index (χ1v) is 3.51. The molecule has 0 radical (unpaired) electrons. The van der Waals surface area contributed by atoms with Crippen molar-refractivity contribution < 1.29 is 5.11 Å². The molecule has 1 rings (SSSR count). The maximum atomic E-state index is 9.03. The molecule has 1 N–H and O–H groups in total. The monoisotopic (exact) mass is 114 g/mol. The van der Waals surface area contributed by atoms with E-state index in [0.29, 0.717) is 0 Å². The fraction of sp³-hybridized carbons (Fsp3) is 1.00. The lowest BCUT2D eigenvalue weighted by molar-refractivity contribution is 0.177. The summed E-state index contributed by atoms with van der Waals surface area (Å²) in [5.74, 6) is 0.824. The van der Waals surface area contributed by atoms with Gasteiger partial charge in [0, 0.05) is 0 Å². The Kier molecular flexibility index (Phi) is 1.90. The number of hydrogen-bond acceptors (Lipinski definition) is 1. The van der Waals surface area contributed by atoms with Gasteiger partial charge >= 0.3 is 0 Å². The summed E-state index contributed by atoms with van der Waals surface area (Å²) in [6, 6.07) is 0. The second-order valence-electron chi connectivity index (χ2n) is 2.74. The van der Waals surface area contributed by atoms with Crippen LogP contribution in [0.4, 0.5) is 0 Å². The molecule has 48 valence electrons. The van der Waals surface area contributed by atoms with Gasteiger partial charge in [-0.05, 0) is 25.2 Å². The molecule has 1 nitrogen and oxygen atoms in total. The lowest BCUT2D eigenvalue weighted by Gasteiger charge is -2.01. The minimum Gasteiger partial charge on any atom is -0.393 e. The van der Waals surface area contributed by atoms with Crippen LogP contribution in [0.25, 0.3) is 0 Å². The van der Waals surface area contributed by atoms with Crippen molar-refractivity contribution in [2.24, 2.45) is 5.92 Å². The average molecular weight is 114 g/mol. The Hall–Kier alpha value is -0.0400. The molecule has 1 fully saturated rings. The van der Waals surface area contributed by atoms with Gasteiger partial charge in [-0.25, -0.2) is 0 Å². The van der Waals surface area contributed by atoms with Crippen LogP contribution in [0.15, 0.2) is 0 Å². The largest absolute Gasteiger partial charge is 0.393 e. The first-order chi connectivity index (χ1) is 3.83. The van der Waals surface area contributed by atoms with Crippen molar-refractivity contribution in [1.82, 2.24) is 0 Å². The summed E-state index contributed by atoms with van der Waals surface area (Å²) < 4.78 is 0. The van der Waals surface area contributed by atoms with E-state index >= 15 is 0 Å². The highest BCUT2D eigenvalue weighted by atomic mass is 16.3. The molecule has 0 aromatic rings. The van der Waals surface area contributed by atoms with Crippen LogP contribution in [0.3, 0.4) is 0 Å². The van der Waals surface area contributed by atoms with Crippen LogP contribution < -0.4 is 0 Å². The summed E-state index contributed by atoms with van der Waals surface area (Å²) >= 11 is 0. The van der Waals surface area contributed by atoms with E-state index < -0.39 is 0 Å². The van der Waals surface area contributed by atoms with Crippen LogP contribution in [-0.2, 0) is 0 Å².